The highest BCUT2D eigenvalue weighted by Gasteiger charge is 2.51. The van der Waals surface area contributed by atoms with E-state index in [0.29, 0.717) is 5.56 Å². The second kappa shape index (κ2) is 8.33. The van der Waals surface area contributed by atoms with Gasteiger partial charge in [-0.1, -0.05) is 72.8 Å². The Hall–Kier alpha value is -2.89. The topological polar surface area (TPSA) is 44.8 Å². The second-order valence-electron chi connectivity index (χ2n) is 8.82. The molecule has 0 atom stereocenters. The molecule has 0 radical (unpaired) electrons. The quantitative estimate of drug-likeness (QED) is 0.439. The lowest BCUT2D eigenvalue weighted by Gasteiger charge is -2.32. The van der Waals surface area contributed by atoms with Gasteiger partial charge >= 0.3 is 13.1 Å². The molecule has 0 amide bonds. The van der Waals surface area contributed by atoms with E-state index in [9.17, 15) is 4.79 Å². The molecule has 0 spiro atoms. The van der Waals surface area contributed by atoms with Crippen molar-refractivity contribution in [2.75, 3.05) is 0 Å². The van der Waals surface area contributed by atoms with Crippen LogP contribution < -0.4 is 5.46 Å². The van der Waals surface area contributed by atoms with Crippen molar-refractivity contribution in [2.24, 2.45) is 0 Å². The summed E-state index contributed by atoms with van der Waals surface area (Å²) in [5.74, 6) is -0.377. The fourth-order valence-electron chi connectivity index (χ4n) is 3.51. The third-order valence-corrected chi connectivity index (χ3v) is 6.10. The Kier molecular flexibility index (Phi) is 5.74. The first kappa shape index (κ1) is 21.4. The van der Waals surface area contributed by atoms with Crippen LogP contribution >= 0.6 is 0 Å². The molecular formula is C26H27BO4. The molecule has 4 rings (SSSR count). The van der Waals surface area contributed by atoms with E-state index in [0.717, 1.165) is 16.6 Å². The molecular weight excluding hydrogens is 387 g/mol. The van der Waals surface area contributed by atoms with Crippen LogP contribution in [0.5, 0.6) is 0 Å². The van der Waals surface area contributed by atoms with Crippen LogP contribution in [0, 0.1) is 0 Å². The largest absolute Gasteiger partial charge is 0.494 e. The van der Waals surface area contributed by atoms with Crippen molar-refractivity contribution in [1.29, 1.82) is 0 Å². The molecule has 0 saturated carbocycles. The molecule has 3 aromatic carbocycles. The van der Waals surface area contributed by atoms with Crippen LogP contribution in [0.3, 0.4) is 0 Å². The predicted octanol–water partition coefficient (Wildman–Crippen LogP) is 4.93. The van der Waals surface area contributed by atoms with E-state index in [1.54, 1.807) is 12.1 Å². The summed E-state index contributed by atoms with van der Waals surface area (Å²) in [7, 11) is -0.462. The van der Waals surface area contributed by atoms with Crippen molar-refractivity contribution < 1.29 is 18.8 Å². The minimum absolute atomic E-state index is 0.377. The van der Waals surface area contributed by atoms with E-state index >= 15 is 0 Å². The lowest BCUT2D eigenvalue weighted by atomic mass is 9.79. The maximum Gasteiger partial charge on any atom is 0.494 e. The molecule has 0 bridgehead atoms. The Morgan fingerprint density at radius 3 is 1.65 bits per heavy atom. The number of carbonyl (C=O) groups excluding carboxylic acids is 1. The number of benzene rings is 3. The first-order valence-electron chi connectivity index (χ1n) is 10.5. The molecule has 1 fully saturated rings. The maximum atomic E-state index is 13.0. The van der Waals surface area contributed by atoms with Crippen LogP contribution in [0.25, 0.3) is 0 Å². The Labute approximate surface area is 184 Å². The van der Waals surface area contributed by atoms with E-state index in [4.69, 9.17) is 14.0 Å². The molecule has 1 heterocycles. The van der Waals surface area contributed by atoms with Crippen LogP contribution in [-0.2, 0) is 14.0 Å². The van der Waals surface area contributed by atoms with Gasteiger partial charge < -0.3 is 14.0 Å². The van der Waals surface area contributed by atoms with Crippen molar-refractivity contribution >= 4 is 18.6 Å². The van der Waals surface area contributed by atoms with Gasteiger partial charge in [0.25, 0.3) is 0 Å². The van der Waals surface area contributed by atoms with E-state index < -0.39 is 24.4 Å². The lowest BCUT2D eigenvalue weighted by molar-refractivity contribution is 0.00578. The zero-order valence-electron chi connectivity index (χ0n) is 18.4. The van der Waals surface area contributed by atoms with Gasteiger partial charge in [0.15, 0.2) is 6.10 Å². The van der Waals surface area contributed by atoms with Gasteiger partial charge in [0.2, 0.25) is 0 Å². The smallest absolute Gasteiger partial charge is 0.449 e. The number of hydrogen-bond donors (Lipinski definition) is 0. The fraction of sp³-hybridized carbons (Fsp3) is 0.269. The average molecular weight is 414 g/mol. The third-order valence-electron chi connectivity index (χ3n) is 6.10. The fourth-order valence-corrected chi connectivity index (χ4v) is 3.51. The Balaban J connectivity index is 1.53. The average Bonchev–Trinajstić information content (AvgIpc) is 3.00. The molecule has 31 heavy (non-hydrogen) atoms. The van der Waals surface area contributed by atoms with Crippen molar-refractivity contribution in [3.8, 4) is 0 Å². The molecule has 3 aromatic rings. The zero-order chi connectivity index (χ0) is 22.1. The molecule has 1 aliphatic rings. The summed E-state index contributed by atoms with van der Waals surface area (Å²) in [5.41, 5.74) is 2.39. The summed E-state index contributed by atoms with van der Waals surface area (Å²) in [6.07, 6.45) is -0.474. The summed E-state index contributed by atoms with van der Waals surface area (Å²) >= 11 is 0. The summed E-state index contributed by atoms with van der Waals surface area (Å²) in [6.45, 7) is 8.08. The summed E-state index contributed by atoms with van der Waals surface area (Å²) < 4.78 is 18.1. The van der Waals surface area contributed by atoms with Crippen molar-refractivity contribution in [3.05, 3.63) is 102 Å². The van der Waals surface area contributed by atoms with Crippen LogP contribution in [0.2, 0.25) is 0 Å². The van der Waals surface area contributed by atoms with Crippen molar-refractivity contribution in [3.63, 3.8) is 0 Å². The highest BCUT2D eigenvalue weighted by molar-refractivity contribution is 6.62. The number of ether oxygens (including phenoxy) is 1. The number of rotatable bonds is 5. The van der Waals surface area contributed by atoms with Gasteiger partial charge in [0.05, 0.1) is 16.8 Å². The molecule has 0 aliphatic carbocycles. The highest BCUT2D eigenvalue weighted by Crippen LogP contribution is 2.36. The molecule has 5 heteroatoms. The number of esters is 1. The molecule has 0 aromatic heterocycles. The van der Waals surface area contributed by atoms with Gasteiger partial charge in [-0.15, -0.1) is 0 Å². The number of carbonyl (C=O) groups is 1. The van der Waals surface area contributed by atoms with E-state index in [1.165, 1.54) is 0 Å². The SMILES string of the molecule is CC1(C)OB(c2ccc(C(=O)OC(c3ccccc3)c3ccccc3)cc2)OC1(C)C. The summed E-state index contributed by atoms with van der Waals surface area (Å²) in [5, 5.41) is 0. The summed E-state index contributed by atoms with van der Waals surface area (Å²) in [4.78, 5) is 13.0. The highest BCUT2D eigenvalue weighted by atomic mass is 16.7. The van der Waals surface area contributed by atoms with E-state index in [-0.39, 0.29) is 5.97 Å². The third kappa shape index (κ3) is 4.43. The molecule has 0 N–H and O–H groups in total. The molecule has 1 saturated heterocycles. The molecule has 158 valence electrons. The van der Waals surface area contributed by atoms with Crippen LogP contribution in [0.15, 0.2) is 84.9 Å². The molecule has 0 unspecified atom stereocenters. The van der Waals surface area contributed by atoms with E-state index in [2.05, 4.69) is 0 Å². The second-order valence-corrected chi connectivity index (χ2v) is 8.82. The standard InChI is InChI=1S/C26H27BO4/c1-25(2)26(3,4)31-27(30-25)22-17-15-21(16-18-22)24(28)29-23(19-11-7-5-8-12-19)20-13-9-6-10-14-20/h5-18,23H,1-4H3. The minimum Gasteiger partial charge on any atom is -0.449 e. The first-order chi connectivity index (χ1) is 14.8. The zero-order valence-corrected chi connectivity index (χ0v) is 18.4. The van der Waals surface area contributed by atoms with Crippen LogP contribution in [0.4, 0.5) is 0 Å². The summed E-state index contributed by atoms with van der Waals surface area (Å²) in [6, 6.07) is 26.8. The Morgan fingerprint density at radius 2 is 1.19 bits per heavy atom. The Bertz CT molecular complexity index is 975. The van der Waals surface area contributed by atoms with E-state index in [1.807, 2.05) is 100 Å². The van der Waals surface area contributed by atoms with Gasteiger partial charge in [-0.2, -0.15) is 0 Å². The first-order valence-corrected chi connectivity index (χ1v) is 10.5. The maximum absolute atomic E-state index is 13.0. The van der Waals surface area contributed by atoms with Crippen molar-refractivity contribution in [1.82, 2.24) is 0 Å². The minimum atomic E-state index is -0.474. The lowest BCUT2D eigenvalue weighted by Crippen LogP contribution is -2.41. The van der Waals surface area contributed by atoms with Crippen molar-refractivity contribution in [2.45, 2.75) is 45.0 Å². The van der Waals surface area contributed by atoms with Gasteiger partial charge in [-0.3, -0.25) is 0 Å². The normalized spacial score (nSPS) is 17.0. The monoisotopic (exact) mass is 414 g/mol. The van der Waals surface area contributed by atoms with Crippen LogP contribution in [-0.4, -0.2) is 24.3 Å². The number of hydrogen-bond acceptors (Lipinski definition) is 4. The van der Waals surface area contributed by atoms with Gasteiger partial charge in [0, 0.05) is 0 Å². The predicted molar refractivity (Wildman–Crippen MR) is 122 cm³/mol. The molecule has 4 nitrogen and oxygen atoms in total. The van der Waals surface area contributed by atoms with Gasteiger partial charge in [-0.25, -0.2) is 4.79 Å². The molecule has 1 aliphatic heterocycles. The van der Waals surface area contributed by atoms with Gasteiger partial charge in [-0.05, 0) is 56.4 Å². The van der Waals surface area contributed by atoms with Gasteiger partial charge in [0.1, 0.15) is 0 Å². The van der Waals surface area contributed by atoms with Crippen LogP contribution in [0.1, 0.15) is 55.3 Å². The Morgan fingerprint density at radius 1 is 0.742 bits per heavy atom.